The summed E-state index contributed by atoms with van der Waals surface area (Å²) in [5.74, 6) is -4.39. The van der Waals surface area contributed by atoms with Crippen molar-refractivity contribution in [3.05, 3.63) is 71.8 Å². The number of aliphatic hydroxyl groups is 1. The SMILES string of the molecule is CC[C@@H](C)[C@H](NC(=O)[C@@H]1CCCN1C(=O)[C@@H](O)[C@H](Cc1ccccc1)NC(=O)[C@H](CC(N)=O)NC(=O)CCc1ccccc1)C(N)=O. The van der Waals surface area contributed by atoms with E-state index in [1.54, 1.807) is 37.3 Å². The molecule has 6 amide bonds. The zero-order valence-electron chi connectivity index (χ0n) is 26.9. The molecule has 0 unspecified atom stereocenters. The van der Waals surface area contributed by atoms with Crippen molar-refractivity contribution in [3.8, 4) is 0 Å². The number of carbonyl (C=O) groups is 6. The van der Waals surface area contributed by atoms with Gasteiger partial charge in [-0.1, -0.05) is 80.9 Å². The Hall–Kier alpha value is -4.78. The van der Waals surface area contributed by atoms with Crippen LogP contribution >= 0.6 is 0 Å². The number of likely N-dealkylation sites (tertiary alicyclic amines) is 1. The fraction of sp³-hybridized carbons (Fsp3) is 0.471. The summed E-state index contributed by atoms with van der Waals surface area (Å²) >= 11 is 0. The number of amides is 6. The lowest BCUT2D eigenvalue weighted by molar-refractivity contribution is -0.147. The Labute approximate surface area is 274 Å². The van der Waals surface area contributed by atoms with Crippen LogP contribution in [0.2, 0.25) is 0 Å². The number of nitrogens with zero attached hydrogens (tertiary/aromatic N) is 1. The van der Waals surface area contributed by atoms with Crippen molar-refractivity contribution in [2.45, 2.75) is 89.1 Å². The summed E-state index contributed by atoms with van der Waals surface area (Å²) in [6.07, 6.45) is -0.447. The highest BCUT2D eigenvalue weighted by molar-refractivity contribution is 5.94. The third-order valence-electron chi connectivity index (χ3n) is 8.46. The molecule has 1 aliphatic heterocycles. The summed E-state index contributed by atoms with van der Waals surface area (Å²) in [7, 11) is 0. The zero-order chi connectivity index (χ0) is 34.5. The van der Waals surface area contributed by atoms with Crippen LogP contribution in [0.1, 0.15) is 57.1 Å². The van der Waals surface area contributed by atoms with E-state index in [-0.39, 0.29) is 25.3 Å². The van der Waals surface area contributed by atoms with Gasteiger partial charge in [0.2, 0.25) is 29.5 Å². The minimum atomic E-state index is -1.79. The third-order valence-corrected chi connectivity index (χ3v) is 8.46. The lowest BCUT2D eigenvalue weighted by Gasteiger charge is -2.32. The maximum Gasteiger partial charge on any atom is 0.254 e. The number of aryl methyl sites for hydroxylation is 1. The highest BCUT2D eigenvalue weighted by atomic mass is 16.3. The summed E-state index contributed by atoms with van der Waals surface area (Å²) in [6, 6.07) is 13.7. The van der Waals surface area contributed by atoms with Gasteiger partial charge < -0.3 is 37.4 Å². The molecule has 1 saturated heterocycles. The standard InChI is InChI=1S/C34H46N6O7/c1-3-21(2)29(31(36)44)39-33(46)26-15-10-18-40(26)34(47)30(43)24(19-23-13-8-5-9-14-23)38-32(45)25(20-27(35)41)37-28(42)17-16-22-11-6-4-7-12-22/h4-9,11-14,21,24-26,29-30,43H,3,10,15-20H2,1-2H3,(H2,35,41)(H2,36,44)(H,37,42)(H,38,45)(H,39,46)/t21-,24+,25+,26+,29+,30+/m1/s1. The first-order valence-corrected chi connectivity index (χ1v) is 15.9. The summed E-state index contributed by atoms with van der Waals surface area (Å²) in [5, 5.41) is 19.3. The van der Waals surface area contributed by atoms with Crippen LogP contribution in [0.5, 0.6) is 0 Å². The number of carbonyl (C=O) groups excluding carboxylic acids is 6. The Morgan fingerprint density at radius 1 is 0.915 bits per heavy atom. The van der Waals surface area contributed by atoms with Gasteiger partial charge in [0.05, 0.1) is 12.5 Å². The van der Waals surface area contributed by atoms with Crippen LogP contribution in [-0.2, 0) is 41.6 Å². The second-order valence-corrected chi connectivity index (χ2v) is 12.0. The van der Waals surface area contributed by atoms with Gasteiger partial charge in [-0.15, -0.1) is 0 Å². The van der Waals surface area contributed by atoms with Gasteiger partial charge in [-0.3, -0.25) is 28.8 Å². The minimum absolute atomic E-state index is 0.0210. The Morgan fingerprint density at radius 3 is 2.11 bits per heavy atom. The summed E-state index contributed by atoms with van der Waals surface area (Å²) < 4.78 is 0. The fourth-order valence-corrected chi connectivity index (χ4v) is 5.60. The van der Waals surface area contributed by atoms with Crippen LogP contribution in [0.4, 0.5) is 0 Å². The third kappa shape index (κ3) is 10.9. The smallest absolute Gasteiger partial charge is 0.254 e. The second-order valence-electron chi connectivity index (χ2n) is 12.0. The number of aliphatic hydroxyl groups excluding tert-OH is 1. The van der Waals surface area contributed by atoms with Gasteiger partial charge in [0.15, 0.2) is 6.10 Å². The topological polar surface area (TPSA) is 214 Å². The molecule has 2 aromatic carbocycles. The predicted octanol–water partition coefficient (Wildman–Crippen LogP) is 0.0750. The lowest BCUT2D eigenvalue weighted by Crippen LogP contribution is -2.59. The highest BCUT2D eigenvalue weighted by Crippen LogP contribution is 2.21. The Morgan fingerprint density at radius 2 is 1.53 bits per heavy atom. The first kappa shape index (κ1) is 36.7. The molecule has 2 aromatic rings. The number of primary amides is 2. The van der Waals surface area contributed by atoms with Gasteiger partial charge in [0, 0.05) is 13.0 Å². The van der Waals surface area contributed by atoms with Crippen LogP contribution in [-0.4, -0.2) is 82.3 Å². The fourth-order valence-electron chi connectivity index (χ4n) is 5.60. The average molecular weight is 651 g/mol. The van der Waals surface area contributed by atoms with Gasteiger partial charge in [0.25, 0.3) is 5.91 Å². The maximum atomic E-state index is 13.7. The summed E-state index contributed by atoms with van der Waals surface area (Å²) in [5.41, 5.74) is 12.5. The molecule has 1 fully saturated rings. The van der Waals surface area contributed by atoms with E-state index < -0.39 is 72.1 Å². The van der Waals surface area contributed by atoms with Crippen molar-refractivity contribution in [1.82, 2.24) is 20.9 Å². The van der Waals surface area contributed by atoms with Crippen LogP contribution in [0.15, 0.2) is 60.7 Å². The number of nitrogens with one attached hydrogen (secondary N) is 3. The van der Waals surface area contributed by atoms with Crippen LogP contribution in [0.25, 0.3) is 0 Å². The Bertz CT molecular complexity index is 1390. The molecule has 47 heavy (non-hydrogen) atoms. The Kier molecular flexibility index (Phi) is 13.9. The first-order chi connectivity index (χ1) is 22.4. The molecular weight excluding hydrogens is 604 g/mol. The van der Waals surface area contributed by atoms with E-state index in [1.807, 2.05) is 37.3 Å². The zero-order valence-corrected chi connectivity index (χ0v) is 26.9. The molecule has 1 aliphatic rings. The number of hydrogen-bond donors (Lipinski definition) is 6. The first-order valence-electron chi connectivity index (χ1n) is 15.9. The molecule has 3 rings (SSSR count). The molecule has 0 radical (unpaired) electrons. The number of hydrogen-bond acceptors (Lipinski definition) is 7. The van der Waals surface area contributed by atoms with Crippen LogP contribution < -0.4 is 27.4 Å². The molecule has 13 heteroatoms. The van der Waals surface area contributed by atoms with E-state index in [2.05, 4.69) is 16.0 Å². The van der Waals surface area contributed by atoms with Crippen LogP contribution in [0.3, 0.4) is 0 Å². The molecular formula is C34H46N6O7. The van der Waals surface area contributed by atoms with Gasteiger partial charge in [-0.2, -0.15) is 0 Å². The number of nitrogens with two attached hydrogens (primary N) is 2. The van der Waals surface area contributed by atoms with E-state index in [0.29, 0.717) is 31.2 Å². The van der Waals surface area contributed by atoms with E-state index >= 15 is 0 Å². The van der Waals surface area contributed by atoms with Crippen molar-refractivity contribution in [3.63, 3.8) is 0 Å². The van der Waals surface area contributed by atoms with Crippen molar-refractivity contribution in [1.29, 1.82) is 0 Å². The maximum absolute atomic E-state index is 13.7. The van der Waals surface area contributed by atoms with Crippen molar-refractivity contribution >= 4 is 35.4 Å². The quantitative estimate of drug-likeness (QED) is 0.138. The van der Waals surface area contributed by atoms with Gasteiger partial charge in [-0.05, 0) is 42.7 Å². The highest BCUT2D eigenvalue weighted by Gasteiger charge is 2.41. The molecule has 0 aromatic heterocycles. The molecule has 8 N–H and O–H groups in total. The minimum Gasteiger partial charge on any atom is -0.381 e. The molecule has 0 bridgehead atoms. The van der Waals surface area contributed by atoms with E-state index in [9.17, 15) is 33.9 Å². The van der Waals surface area contributed by atoms with Crippen LogP contribution in [0, 0.1) is 5.92 Å². The summed E-state index contributed by atoms with van der Waals surface area (Å²) in [6.45, 7) is 3.82. The largest absolute Gasteiger partial charge is 0.381 e. The number of benzene rings is 2. The van der Waals surface area contributed by atoms with E-state index in [1.165, 1.54) is 4.90 Å². The lowest BCUT2D eigenvalue weighted by atomic mass is 9.97. The van der Waals surface area contributed by atoms with Crippen molar-refractivity contribution < 1.29 is 33.9 Å². The van der Waals surface area contributed by atoms with Gasteiger partial charge >= 0.3 is 0 Å². The predicted molar refractivity (Wildman–Crippen MR) is 174 cm³/mol. The van der Waals surface area contributed by atoms with Gasteiger partial charge in [0.1, 0.15) is 18.1 Å². The molecule has 0 aliphatic carbocycles. The average Bonchev–Trinajstić information content (AvgIpc) is 3.55. The monoisotopic (exact) mass is 650 g/mol. The molecule has 13 nitrogen and oxygen atoms in total. The number of rotatable bonds is 17. The van der Waals surface area contributed by atoms with Crippen molar-refractivity contribution in [2.24, 2.45) is 17.4 Å². The van der Waals surface area contributed by atoms with Crippen molar-refractivity contribution in [2.75, 3.05) is 6.54 Å². The summed E-state index contributed by atoms with van der Waals surface area (Å²) in [4.78, 5) is 78.4. The molecule has 254 valence electrons. The molecule has 6 atom stereocenters. The molecule has 0 spiro atoms. The normalized spacial score (nSPS) is 17.4. The molecule has 0 saturated carbocycles. The van der Waals surface area contributed by atoms with E-state index in [0.717, 1.165) is 5.56 Å². The molecule has 1 heterocycles. The van der Waals surface area contributed by atoms with Gasteiger partial charge in [-0.25, -0.2) is 0 Å². The Balaban J connectivity index is 1.77. The second kappa shape index (κ2) is 17.8. The van der Waals surface area contributed by atoms with E-state index in [4.69, 9.17) is 11.5 Å².